The van der Waals surface area contributed by atoms with E-state index in [-0.39, 0.29) is 17.1 Å². The largest absolute Gasteiger partial charge is 0.505 e. The van der Waals surface area contributed by atoms with Gasteiger partial charge in [-0.3, -0.25) is 9.78 Å². The van der Waals surface area contributed by atoms with Gasteiger partial charge in [0.15, 0.2) is 5.84 Å². The number of aromatic hydroxyl groups is 1. The van der Waals surface area contributed by atoms with E-state index < -0.39 is 11.4 Å². The number of aromatic nitrogens is 1. The molecule has 7 nitrogen and oxygen atoms in total. The molecule has 1 saturated carbocycles. The van der Waals surface area contributed by atoms with Crippen LogP contribution in [-0.4, -0.2) is 32.6 Å². The van der Waals surface area contributed by atoms with Crippen molar-refractivity contribution < 1.29 is 15.1 Å². The fraction of sp³-hybridized carbons (Fsp3) is 0.462. The Kier molecular flexibility index (Phi) is 4.07. The van der Waals surface area contributed by atoms with Crippen molar-refractivity contribution in [2.45, 2.75) is 37.6 Å². The maximum atomic E-state index is 12.3. The van der Waals surface area contributed by atoms with E-state index >= 15 is 0 Å². The maximum absolute atomic E-state index is 12.3. The Labute approximate surface area is 116 Å². The summed E-state index contributed by atoms with van der Waals surface area (Å²) in [7, 11) is 0. The highest BCUT2D eigenvalue weighted by atomic mass is 16.4. The van der Waals surface area contributed by atoms with Crippen LogP contribution in [0.1, 0.15) is 42.5 Å². The summed E-state index contributed by atoms with van der Waals surface area (Å²) in [6.45, 7) is 0. The van der Waals surface area contributed by atoms with Gasteiger partial charge in [-0.25, -0.2) is 0 Å². The normalized spacial score (nSPS) is 18.5. The number of carbonyl (C=O) groups is 1. The number of amidine groups is 1. The summed E-state index contributed by atoms with van der Waals surface area (Å²) >= 11 is 0. The van der Waals surface area contributed by atoms with Crippen LogP contribution < -0.4 is 11.1 Å². The number of hydrogen-bond acceptors (Lipinski definition) is 5. The van der Waals surface area contributed by atoms with E-state index in [1.54, 1.807) is 0 Å². The first-order chi connectivity index (χ1) is 9.59. The highest BCUT2D eigenvalue weighted by Crippen LogP contribution is 2.29. The first-order valence-corrected chi connectivity index (χ1v) is 6.52. The molecule has 0 spiro atoms. The third-order valence-corrected chi connectivity index (χ3v) is 3.70. The van der Waals surface area contributed by atoms with Crippen LogP contribution in [0.5, 0.6) is 5.75 Å². The average molecular weight is 278 g/mol. The average Bonchev–Trinajstić information content (AvgIpc) is 2.47. The standard InChI is InChI=1S/C13H18N4O3/c14-12(17-20)13(5-2-1-3-6-13)16-11(19)9-4-7-15-8-10(9)18/h4,7-8,18,20H,1-3,5-6H2,(H2,14,17)(H,16,19). The molecule has 1 aromatic heterocycles. The number of nitrogens with one attached hydrogen (secondary N) is 1. The molecule has 1 amide bonds. The van der Waals surface area contributed by atoms with E-state index in [4.69, 9.17) is 10.9 Å². The molecule has 0 atom stereocenters. The zero-order valence-corrected chi connectivity index (χ0v) is 11.0. The van der Waals surface area contributed by atoms with Crippen LogP contribution in [0.25, 0.3) is 0 Å². The lowest BCUT2D eigenvalue weighted by Gasteiger charge is -2.36. The summed E-state index contributed by atoms with van der Waals surface area (Å²) in [5.41, 5.74) is 5.03. The van der Waals surface area contributed by atoms with Crippen LogP contribution >= 0.6 is 0 Å². The third-order valence-electron chi connectivity index (χ3n) is 3.70. The minimum Gasteiger partial charge on any atom is -0.505 e. The fourth-order valence-electron chi connectivity index (χ4n) is 2.56. The number of hydrogen-bond donors (Lipinski definition) is 4. The Balaban J connectivity index is 2.24. The summed E-state index contributed by atoms with van der Waals surface area (Å²) in [5, 5.41) is 24.5. The monoisotopic (exact) mass is 278 g/mol. The second-order valence-electron chi connectivity index (χ2n) is 4.97. The number of oxime groups is 1. The molecule has 1 heterocycles. The van der Waals surface area contributed by atoms with Gasteiger partial charge in [0, 0.05) is 6.20 Å². The van der Waals surface area contributed by atoms with Crippen molar-refractivity contribution in [3.8, 4) is 5.75 Å². The van der Waals surface area contributed by atoms with Crippen LogP contribution in [0.2, 0.25) is 0 Å². The summed E-state index contributed by atoms with van der Waals surface area (Å²) in [5.74, 6) is -0.659. The van der Waals surface area contributed by atoms with Crippen molar-refractivity contribution in [3.05, 3.63) is 24.0 Å². The Morgan fingerprint density at radius 1 is 1.40 bits per heavy atom. The molecule has 0 aliphatic heterocycles. The lowest BCUT2D eigenvalue weighted by Crippen LogP contribution is -2.58. The first kappa shape index (κ1) is 14.1. The van der Waals surface area contributed by atoms with E-state index in [1.807, 2.05) is 0 Å². The lowest BCUT2D eigenvalue weighted by molar-refractivity contribution is 0.0903. The van der Waals surface area contributed by atoms with Gasteiger partial charge in [-0.05, 0) is 18.9 Å². The van der Waals surface area contributed by atoms with Gasteiger partial charge in [-0.15, -0.1) is 0 Å². The molecule has 2 rings (SSSR count). The molecule has 108 valence electrons. The summed E-state index contributed by atoms with van der Waals surface area (Å²) in [6.07, 6.45) is 6.67. The van der Waals surface area contributed by atoms with Gasteiger partial charge in [-0.1, -0.05) is 24.4 Å². The van der Waals surface area contributed by atoms with E-state index in [0.29, 0.717) is 12.8 Å². The smallest absolute Gasteiger partial charge is 0.255 e. The van der Waals surface area contributed by atoms with Crippen molar-refractivity contribution in [1.29, 1.82) is 0 Å². The minimum atomic E-state index is -0.847. The number of nitrogens with two attached hydrogens (primary N) is 1. The van der Waals surface area contributed by atoms with Crippen molar-refractivity contribution in [2.75, 3.05) is 0 Å². The van der Waals surface area contributed by atoms with Crippen molar-refractivity contribution >= 4 is 11.7 Å². The molecule has 0 unspecified atom stereocenters. The highest BCUT2D eigenvalue weighted by Gasteiger charge is 2.38. The number of pyridine rings is 1. The minimum absolute atomic E-state index is 0.000837. The van der Waals surface area contributed by atoms with Crippen molar-refractivity contribution in [1.82, 2.24) is 10.3 Å². The van der Waals surface area contributed by atoms with Crippen LogP contribution in [0.15, 0.2) is 23.6 Å². The topological polar surface area (TPSA) is 121 Å². The molecule has 0 radical (unpaired) electrons. The summed E-state index contributed by atoms with van der Waals surface area (Å²) < 4.78 is 0. The molecule has 0 bridgehead atoms. The second-order valence-corrected chi connectivity index (χ2v) is 4.97. The summed E-state index contributed by atoms with van der Waals surface area (Å²) in [6, 6.07) is 1.42. The zero-order chi connectivity index (χ0) is 14.6. The number of carbonyl (C=O) groups excluding carboxylic acids is 1. The highest BCUT2D eigenvalue weighted by molar-refractivity contribution is 6.01. The van der Waals surface area contributed by atoms with Crippen molar-refractivity contribution in [2.24, 2.45) is 10.9 Å². The molecule has 1 aliphatic rings. The molecule has 1 aliphatic carbocycles. The van der Waals surface area contributed by atoms with Gasteiger partial charge in [-0.2, -0.15) is 0 Å². The Bertz CT molecular complexity index is 524. The van der Waals surface area contributed by atoms with Crippen LogP contribution in [0.3, 0.4) is 0 Å². The van der Waals surface area contributed by atoms with E-state index in [1.165, 1.54) is 18.5 Å². The van der Waals surface area contributed by atoms with Gasteiger partial charge >= 0.3 is 0 Å². The molecule has 1 aromatic rings. The second kappa shape index (κ2) is 5.77. The quantitative estimate of drug-likeness (QED) is 0.284. The molecule has 5 N–H and O–H groups in total. The number of amides is 1. The van der Waals surface area contributed by atoms with Crippen LogP contribution in [-0.2, 0) is 0 Å². The van der Waals surface area contributed by atoms with Gasteiger partial charge in [0.2, 0.25) is 0 Å². The SMILES string of the molecule is N/C(=N/O)C1(NC(=O)c2ccncc2O)CCCCC1. The zero-order valence-electron chi connectivity index (χ0n) is 11.0. The first-order valence-electron chi connectivity index (χ1n) is 6.52. The predicted octanol–water partition coefficient (Wildman–Crippen LogP) is 0.966. The molecular weight excluding hydrogens is 260 g/mol. The van der Waals surface area contributed by atoms with E-state index in [2.05, 4.69) is 15.5 Å². The molecule has 20 heavy (non-hydrogen) atoms. The number of rotatable bonds is 3. The lowest BCUT2D eigenvalue weighted by atomic mass is 9.80. The number of nitrogens with zero attached hydrogens (tertiary/aromatic N) is 2. The maximum Gasteiger partial charge on any atom is 0.255 e. The van der Waals surface area contributed by atoms with Crippen LogP contribution in [0.4, 0.5) is 0 Å². The molecule has 0 aromatic carbocycles. The Morgan fingerprint density at radius 2 is 2.10 bits per heavy atom. The van der Waals surface area contributed by atoms with Gasteiger partial charge < -0.3 is 21.4 Å². The van der Waals surface area contributed by atoms with Gasteiger partial charge in [0.25, 0.3) is 5.91 Å². The molecule has 1 fully saturated rings. The van der Waals surface area contributed by atoms with E-state index in [0.717, 1.165) is 19.3 Å². The molecule has 7 heteroatoms. The van der Waals surface area contributed by atoms with Crippen molar-refractivity contribution in [3.63, 3.8) is 0 Å². The van der Waals surface area contributed by atoms with Gasteiger partial charge in [0.05, 0.1) is 11.8 Å². The Hall–Kier alpha value is -2.31. The van der Waals surface area contributed by atoms with Crippen LogP contribution in [0, 0.1) is 0 Å². The third kappa shape index (κ3) is 2.66. The van der Waals surface area contributed by atoms with Gasteiger partial charge in [0.1, 0.15) is 11.3 Å². The predicted molar refractivity (Wildman–Crippen MR) is 72.6 cm³/mol. The molecule has 0 saturated heterocycles. The van der Waals surface area contributed by atoms with E-state index in [9.17, 15) is 9.90 Å². The Morgan fingerprint density at radius 3 is 2.70 bits per heavy atom. The molecular formula is C13H18N4O3. The summed E-state index contributed by atoms with van der Waals surface area (Å²) in [4.78, 5) is 16.0. The fourth-order valence-corrected chi connectivity index (χ4v) is 2.56.